The lowest BCUT2D eigenvalue weighted by Gasteiger charge is -1.90. The average molecular weight is 141 g/mol. The summed E-state index contributed by atoms with van der Waals surface area (Å²) in [5.41, 5.74) is 0. The molecule has 0 aromatic rings. The van der Waals surface area contributed by atoms with Crippen molar-refractivity contribution in [1.29, 1.82) is 0 Å². The molecule has 55 valence electrons. The van der Waals surface area contributed by atoms with Gasteiger partial charge in [-0.25, -0.2) is 0 Å². The summed E-state index contributed by atoms with van der Waals surface area (Å²) in [7, 11) is 0. The van der Waals surface area contributed by atoms with Gasteiger partial charge in [0.15, 0.2) is 5.78 Å². The van der Waals surface area contributed by atoms with Gasteiger partial charge in [0, 0.05) is 0 Å². The Bertz CT molecular complexity index is 152. The molecule has 0 fully saturated rings. The molecule has 0 bridgehead atoms. The van der Waals surface area contributed by atoms with Crippen LogP contribution in [0.4, 0.5) is 0 Å². The number of carbonyl (C=O) groups is 3. The second kappa shape index (κ2) is 3.93. The molecule has 0 aromatic heterocycles. The first-order valence-electron chi connectivity index (χ1n) is 2.90. The van der Waals surface area contributed by atoms with E-state index in [1.165, 1.54) is 13.8 Å². The molecule has 1 radical (unpaired) electrons. The van der Waals surface area contributed by atoms with E-state index in [0.717, 1.165) is 6.42 Å². The Morgan fingerprint density at radius 3 is 2.00 bits per heavy atom. The SMILES string of the molecule is CC(=O)[CH]C(=O)CC(C)=O. The van der Waals surface area contributed by atoms with Crippen LogP contribution in [0.15, 0.2) is 0 Å². The first kappa shape index (κ1) is 9.01. The van der Waals surface area contributed by atoms with Crippen LogP contribution >= 0.6 is 0 Å². The van der Waals surface area contributed by atoms with Crippen molar-refractivity contribution in [3.8, 4) is 0 Å². The molecule has 0 aliphatic heterocycles. The summed E-state index contributed by atoms with van der Waals surface area (Å²) in [6, 6.07) is 0. The Kier molecular flexibility index (Phi) is 3.54. The Balaban J connectivity index is 3.65. The normalized spacial score (nSPS) is 9.00. The van der Waals surface area contributed by atoms with E-state index in [-0.39, 0.29) is 18.0 Å². The van der Waals surface area contributed by atoms with E-state index in [0.29, 0.717) is 0 Å². The topological polar surface area (TPSA) is 51.2 Å². The third-order valence-electron chi connectivity index (χ3n) is 0.787. The Morgan fingerprint density at radius 1 is 1.20 bits per heavy atom. The summed E-state index contributed by atoms with van der Waals surface area (Å²) in [5.74, 6) is -0.950. The Hall–Kier alpha value is -0.990. The highest BCUT2D eigenvalue weighted by atomic mass is 16.2. The van der Waals surface area contributed by atoms with Crippen molar-refractivity contribution in [2.75, 3.05) is 0 Å². The molecule has 0 N–H and O–H groups in total. The molecule has 10 heavy (non-hydrogen) atoms. The van der Waals surface area contributed by atoms with E-state index >= 15 is 0 Å². The van der Waals surface area contributed by atoms with E-state index in [1.807, 2.05) is 0 Å². The monoisotopic (exact) mass is 141 g/mol. The van der Waals surface area contributed by atoms with Crippen molar-refractivity contribution >= 4 is 17.3 Å². The minimum Gasteiger partial charge on any atom is -0.300 e. The number of rotatable bonds is 4. The van der Waals surface area contributed by atoms with E-state index in [9.17, 15) is 14.4 Å². The maximum atomic E-state index is 10.6. The second-order valence-electron chi connectivity index (χ2n) is 2.10. The number of hydrogen-bond donors (Lipinski definition) is 0. The lowest BCUT2D eigenvalue weighted by molar-refractivity contribution is -0.125. The molecule has 0 aromatic carbocycles. The van der Waals surface area contributed by atoms with Crippen LogP contribution in [0.3, 0.4) is 0 Å². The van der Waals surface area contributed by atoms with Crippen LogP contribution in [0.1, 0.15) is 20.3 Å². The summed E-state index contributed by atoms with van der Waals surface area (Å²) in [6.07, 6.45) is 0.765. The highest BCUT2D eigenvalue weighted by Gasteiger charge is 2.07. The van der Waals surface area contributed by atoms with E-state index in [2.05, 4.69) is 0 Å². The van der Waals surface area contributed by atoms with Crippen molar-refractivity contribution in [3.63, 3.8) is 0 Å². The number of hydrogen-bond acceptors (Lipinski definition) is 3. The fourth-order valence-electron chi connectivity index (χ4n) is 0.523. The van der Waals surface area contributed by atoms with Gasteiger partial charge in [0.25, 0.3) is 0 Å². The Morgan fingerprint density at radius 2 is 1.70 bits per heavy atom. The molecule has 0 amide bonds. The van der Waals surface area contributed by atoms with Crippen molar-refractivity contribution in [1.82, 2.24) is 0 Å². The van der Waals surface area contributed by atoms with Crippen molar-refractivity contribution in [3.05, 3.63) is 6.42 Å². The minimum absolute atomic E-state index is 0.167. The zero-order chi connectivity index (χ0) is 8.15. The van der Waals surface area contributed by atoms with Crippen LogP contribution in [0.25, 0.3) is 0 Å². The zero-order valence-electron chi connectivity index (χ0n) is 6.01. The number of ketones is 3. The van der Waals surface area contributed by atoms with E-state index in [4.69, 9.17) is 0 Å². The van der Waals surface area contributed by atoms with Gasteiger partial charge < -0.3 is 0 Å². The lowest BCUT2D eigenvalue weighted by atomic mass is 10.1. The quantitative estimate of drug-likeness (QED) is 0.530. The Labute approximate surface area is 59.4 Å². The first-order valence-corrected chi connectivity index (χ1v) is 2.90. The van der Waals surface area contributed by atoms with E-state index < -0.39 is 5.78 Å². The average Bonchev–Trinajstić information content (AvgIpc) is 1.58. The predicted octanol–water partition coefficient (Wildman–Crippen LogP) is 0.328. The number of carbonyl (C=O) groups excluding carboxylic acids is 3. The van der Waals surface area contributed by atoms with Crippen LogP contribution in [0, 0.1) is 6.42 Å². The highest BCUT2D eigenvalue weighted by Crippen LogP contribution is 1.90. The van der Waals surface area contributed by atoms with Gasteiger partial charge in [0.05, 0.1) is 12.8 Å². The van der Waals surface area contributed by atoms with Gasteiger partial charge in [-0.1, -0.05) is 0 Å². The van der Waals surface area contributed by atoms with Gasteiger partial charge in [0.1, 0.15) is 11.6 Å². The van der Waals surface area contributed by atoms with Gasteiger partial charge in [-0.2, -0.15) is 0 Å². The molecular formula is C7H9O3. The number of Topliss-reactive ketones (excluding diaryl/α,β-unsaturated/α-hetero) is 3. The second-order valence-corrected chi connectivity index (χ2v) is 2.10. The van der Waals surface area contributed by atoms with Crippen molar-refractivity contribution in [2.45, 2.75) is 20.3 Å². The maximum absolute atomic E-state index is 10.6. The highest BCUT2D eigenvalue weighted by molar-refractivity contribution is 6.14. The summed E-state index contributed by atoms with van der Waals surface area (Å²) in [6.45, 7) is 2.59. The zero-order valence-corrected chi connectivity index (χ0v) is 6.01. The van der Waals surface area contributed by atoms with Crippen LogP contribution in [0.2, 0.25) is 0 Å². The third-order valence-corrected chi connectivity index (χ3v) is 0.787. The van der Waals surface area contributed by atoms with Crippen LogP contribution in [0.5, 0.6) is 0 Å². The molecule has 0 heterocycles. The van der Waals surface area contributed by atoms with Crippen LogP contribution in [-0.4, -0.2) is 17.3 Å². The summed E-state index contributed by atoms with van der Waals surface area (Å²) in [4.78, 5) is 31.1. The summed E-state index contributed by atoms with van der Waals surface area (Å²) in [5, 5.41) is 0. The smallest absolute Gasteiger partial charge is 0.151 e. The van der Waals surface area contributed by atoms with E-state index in [1.54, 1.807) is 0 Å². The minimum atomic E-state index is -0.417. The summed E-state index contributed by atoms with van der Waals surface area (Å²) >= 11 is 0. The van der Waals surface area contributed by atoms with Crippen LogP contribution in [-0.2, 0) is 14.4 Å². The summed E-state index contributed by atoms with van der Waals surface area (Å²) < 4.78 is 0. The lowest BCUT2D eigenvalue weighted by Crippen LogP contribution is -2.09. The third kappa shape index (κ3) is 5.15. The molecule has 0 spiro atoms. The van der Waals surface area contributed by atoms with Gasteiger partial charge >= 0.3 is 0 Å². The largest absolute Gasteiger partial charge is 0.300 e. The molecular weight excluding hydrogens is 132 g/mol. The fourth-order valence-corrected chi connectivity index (χ4v) is 0.523. The van der Waals surface area contributed by atoms with Gasteiger partial charge in [-0.15, -0.1) is 0 Å². The molecule has 3 nitrogen and oxygen atoms in total. The van der Waals surface area contributed by atoms with Crippen molar-refractivity contribution in [2.24, 2.45) is 0 Å². The molecule has 0 saturated carbocycles. The molecule has 0 aliphatic carbocycles. The van der Waals surface area contributed by atoms with Gasteiger partial charge in [-0.05, 0) is 13.8 Å². The predicted molar refractivity (Wildman–Crippen MR) is 35.3 cm³/mol. The van der Waals surface area contributed by atoms with Crippen molar-refractivity contribution < 1.29 is 14.4 Å². The maximum Gasteiger partial charge on any atom is 0.151 e. The molecule has 0 unspecified atom stereocenters. The standard InChI is InChI=1S/C7H9O3/c1-5(8)3-7(10)4-6(2)9/h3H,4H2,1-2H3. The van der Waals surface area contributed by atoms with Gasteiger partial charge in [0.2, 0.25) is 0 Å². The molecule has 3 heteroatoms. The molecule has 0 atom stereocenters. The van der Waals surface area contributed by atoms with Gasteiger partial charge in [-0.3, -0.25) is 14.4 Å². The molecule has 0 aliphatic rings. The first-order chi connectivity index (χ1) is 4.52. The fraction of sp³-hybridized carbons (Fsp3) is 0.429. The molecule has 0 rings (SSSR count). The molecule has 0 saturated heterocycles. The van der Waals surface area contributed by atoms with Crippen LogP contribution < -0.4 is 0 Å².